The molecule has 6 heteroatoms. The van der Waals surface area contributed by atoms with Crippen LogP contribution >= 0.6 is 22.6 Å². The molecular formula is C15H11IN2O3. The molecule has 2 aromatic rings. The molecule has 1 aromatic heterocycles. The molecule has 0 bridgehead atoms. The van der Waals surface area contributed by atoms with Crippen LogP contribution in [0.15, 0.2) is 52.5 Å². The van der Waals surface area contributed by atoms with Crippen molar-refractivity contribution >= 4 is 28.6 Å². The van der Waals surface area contributed by atoms with Crippen LogP contribution in [0.1, 0.15) is 18.2 Å². The maximum absolute atomic E-state index is 11.0. The minimum absolute atomic E-state index is 0.189. The van der Waals surface area contributed by atoms with E-state index in [1.165, 1.54) is 0 Å². The van der Waals surface area contributed by atoms with Crippen LogP contribution < -0.4 is 0 Å². The van der Waals surface area contributed by atoms with Gasteiger partial charge in [-0.3, -0.25) is 0 Å². The molecule has 0 spiro atoms. The monoisotopic (exact) mass is 394 g/mol. The van der Waals surface area contributed by atoms with Gasteiger partial charge in [0.2, 0.25) is 11.8 Å². The highest BCUT2D eigenvalue weighted by atomic mass is 127. The molecule has 21 heavy (non-hydrogen) atoms. The predicted octanol–water partition coefficient (Wildman–Crippen LogP) is 3.40. The zero-order valence-corrected chi connectivity index (χ0v) is 13.0. The summed E-state index contributed by atoms with van der Waals surface area (Å²) in [7, 11) is 0. The summed E-state index contributed by atoms with van der Waals surface area (Å²) in [5.74, 6) is -0.257. The summed E-state index contributed by atoms with van der Waals surface area (Å²) in [5.41, 5.74) is 1.10. The van der Waals surface area contributed by atoms with Crippen LogP contribution in [0.2, 0.25) is 0 Å². The lowest BCUT2D eigenvalue weighted by Gasteiger charge is -2.10. The van der Waals surface area contributed by atoms with E-state index >= 15 is 0 Å². The number of hydrogen-bond donors (Lipinski definition) is 1. The molecule has 0 saturated carbocycles. The van der Waals surface area contributed by atoms with Gasteiger partial charge < -0.3 is 9.52 Å². The van der Waals surface area contributed by atoms with E-state index in [0.29, 0.717) is 18.2 Å². The predicted molar refractivity (Wildman–Crippen MR) is 84.7 cm³/mol. The molecule has 0 fully saturated rings. The first kappa shape index (κ1) is 14.0. The summed E-state index contributed by atoms with van der Waals surface area (Å²) in [4.78, 5) is 11.0. The molecule has 1 aliphatic rings. The van der Waals surface area contributed by atoms with Crippen LogP contribution in [0.4, 0.5) is 0 Å². The molecule has 3 rings (SSSR count). The van der Waals surface area contributed by atoms with Crippen molar-refractivity contribution in [1.29, 1.82) is 0 Å². The van der Waals surface area contributed by atoms with E-state index in [0.717, 1.165) is 9.13 Å². The quantitative estimate of drug-likeness (QED) is 0.808. The average molecular weight is 394 g/mol. The summed E-state index contributed by atoms with van der Waals surface area (Å²) in [6, 6.07) is 7.76. The number of aromatic nitrogens is 2. The minimum atomic E-state index is -0.951. The number of nitrogens with zero attached hydrogens (tertiary/aromatic N) is 2. The normalized spacial score (nSPS) is 17.6. The van der Waals surface area contributed by atoms with Crippen molar-refractivity contribution < 1.29 is 14.3 Å². The first-order chi connectivity index (χ1) is 10.1. The number of halogens is 1. The first-order valence-electron chi connectivity index (χ1n) is 6.34. The van der Waals surface area contributed by atoms with Crippen molar-refractivity contribution in [3.63, 3.8) is 0 Å². The molecule has 1 aromatic carbocycles. The van der Waals surface area contributed by atoms with Gasteiger partial charge in [0.05, 0.1) is 11.5 Å². The van der Waals surface area contributed by atoms with Crippen LogP contribution in [0, 0.1) is 3.57 Å². The maximum Gasteiger partial charge on any atom is 0.335 e. The number of carbonyl (C=O) groups is 1. The van der Waals surface area contributed by atoms with E-state index in [9.17, 15) is 4.79 Å². The molecule has 0 aliphatic heterocycles. The van der Waals surface area contributed by atoms with E-state index in [4.69, 9.17) is 9.52 Å². The Hall–Kier alpha value is -1.96. The van der Waals surface area contributed by atoms with Crippen LogP contribution in [-0.2, 0) is 4.79 Å². The molecule has 5 nitrogen and oxygen atoms in total. The lowest BCUT2D eigenvalue weighted by atomic mass is 9.96. The number of carboxylic acid groups (broad SMARTS) is 1. The third kappa shape index (κ3) is 3.05. The smallest absolute Gasteiger partial charge is 0.335 e. The largest absolute Gasteiger partial charge is 0.478 e. The maximum atomic E-state index is 11.0. The van der Waals surface area contributed by atoms with Crippen LogP contribution in [0.3, 0.4) is 0 Å². The summed E-state index contributed by atoms with van der Waals surface area (Å²) < 4.78 is 6.81. The van der Waals surface area contributed by atoms with Gasteiger partial charge in [-0.25, -0.2) is 4.79 Å². The molecule has 1 aliphatic carbocycles. The zero-order chi connectivity index (χ0) is 14.8. The standard InChI is InChI=1S/C15H11IN2O3/c16-12-6-4-9(5-7-12)13-17-18-14(21-13)10-2-1-3-11(8-10)15(19)20/h1,3-8,10H,2H2,(H,19,20). The molecule has 0 amide bonds. The van der Waals surface area contributed by atoms with E-state index in [2.05, 4.69) is 32.8 Å². The first-order valence-corrected chi connectivity index (χ1v) is 7.42. The third-order valence-corrected chi connectivity index (χ3v) is 3.88. The van der Waals surface area contributed by atoms with Crippen molar-refractivity contribution in [3.8, 4) is 11.5 Å². The fraction of sp³-hybridized carbons (Fsp3) is 0.133. The summed E-state index contributed by atoms with van der Waals surface area (Å²) in [5, 5.41) is 17.1. The van der Waals surface area contributed by atoms with Gasteiger partial charge in [-0.2, -0.15) is 0 Å². The van der Waals surface area contributed by atoms with Crippen LogP contribution in [0.25, 0.3) is 11.5 Å². The Balaban J connectivity index is 1.87. The minimum Gasteiger partial charge on any atom is -0.478 e. The van der Waals surface area contributed by atoms with Gasteiger partial charge in [0.1, 0.15) is 0 Å². The lowest BCUT2D eigenvalue weighted by molar-refractivity contribution is -0.132. The second kappa shape index (κ2) is 5.80. The van der Waals surface area contributed by atoms with Gasteiger partial charge >= 0.3 is 5.97 Å². The Bertz CT molecular complexity index is 732. The Kier molecular flexibility index (Phi) is 3.87. The molecule has 106 valence electrons. The Morgan fingerprint density at radius 3 is 2.76 bits per heavy atom. The van der Waals surface area contributed by atoms with E-state index in [1.807, 2.05) is 30.3 Å². The average Bonchev–Trinajstić information content (AvgIpc) is 2.98. The Morgan fingerprint density at radius 1 is 1.29 bits per heavy atom. The number of allylic oxidation sites excluding steroid dienone is 2. The molecule has 1 N–H and O–H groups in total. The Morgan fingerprint density at radius 2 is 2.05 bits per heavy atom. The molecule has 0 radical (unpaired) electrons. The third-order valence-electron chi connectivity index (χ3n) is 3.16. The van der Waals surface area contributed by atoms with Crippen molar-refractivity contribution in [1.82, 2.24) is 10.2 Å². The number of benzene rings is 1. The fourth-order valence-corrected chi connectivity index (χ4v) is 2.45. The van der Waals surface area contributed by atoms with Gasteiger partial charge in [-0.15, -0.1) is 10.2 Å². The summed E-state index contributed by atoms with van der Waals surface area (Å²) >= 11 is 2.23. The topological polar surface area (TPSA) is 76.2 Å². The van der Waals surface area contributed by atoms with Crippen LogP contribution in [0.5, 0.6) is 0 Å². The van der Waals surface area contributed by atoms with Gasteiger partial charge in [-0.05, 0) is 53.3 Å². The lowest BCUT2D eigenvalue weighted by Crippen LogP contribution is -2.06. The van der Waals surface area contributed by atoms with Crippen molar-refractivity contribution in [2.75, 3.05) is 0 Å². The van der Waals surface area contributed by atoms with Crippen molar-refractivity contribution in [2.45, 2.75) is 12.3 Å². The number of aliphatic carboxylic acids is 1. The van der Waals surface area contributed by atoms with Crippen molar-refractivity contribution in [3.05, 3.63) is 57.5 Å². The number of carboxylic acids is 1. The summed E-state index contributed by atoms with van der Waals surface area (Å²) in [6.45, 7) is 0. The van der Waals surface area contributed by atoms with Crippen LogP contribution in [-0.4, -0.2) is 21.3 Å². The van der Waals surface area contributed by atoms with E-state index in [-0.39, 0.29) is 11.5 Å². The Labute approximate surface area is 134 Å². The van der Waals surface area contributed by atoms with E-state index in [1.54, 1.807) is 12.2 Å². The second-order valence-electron chi connectivity index (χ2n) is 4.62. The highest BCUT2D eigenvalue weighted by molar-refractivity contribution is 14.1. The molecule has 1 atom stereocenters. The molecule has 1 unspecified atom stereocenters. The number of rotatable bonds is 3. The van der Waals surface area contributed by atoms with E-state index < -0.39 is 5.97 Å². The highest BCUT2D eigenvalue weighted by Gasteiger charge is 2.21. The highest BCUT2D eigenvalue weighted by Crippen LogP contribution is 2.28. The molecular weight excluding hydrogens is 383 g/mol. The van der Waals surface area contributed by atoms with Crippen molar-refractivity contribution in [2.24, 2.45) is 0 Å². The number of hydrogen-bond acceptors (Lipinski definition) is 4. The fourth-order valence-electron chi connectivity index (χ4n) is 2.09. The van der Waals surface area contributed by atoms with Gasteiger partial charge in [0, 0.05) is 9.13 Å². The van der Waals surface area contributed by atoms with Gasteiger partial charge in [-0.1, -0.05) is 18.2 Å². The summed E-state index contributed by atoms with van der Waals surface area (Å²) in [6.07, 6.45) is 5.71. The molecule has 1 heterocycles. The second-order valence-corrected chi connectivity index (χ2v) is 5.87. The zero-order valence-electron chi connectivity index (χ0n) is 10.9. The van der Waals surface area contributed by atoms with Gasteiger partial charge in [0.15, 0.2) is 0 Å². The SMILES string of the molecule is O=C(O)C1=CC(c2nnc(-c3ccc(I)cc3)o2)CC=C1. The molecule has 0 saturated heterocycles. The van der Waals surface area contributed by atoms with Gasteiger partial charge in [0.25, 0.3) is 0 Å².